The molecule has 1 aromatic heterocycles. The van der Waals surface area contributed by atoms with Gasteiger partial charge in [-0.3, -0.25) is 9.59 Å². The Morgan fingerprint density at radius 2 is 2.53 bits per heavy atom. The molecule has 0 aliphatic carbocycles. The van der Waals surface area contributed by atoms with Crippen molar-refractivity contribution in [2.45, 2.75) is 31.8 Å². The molecular weight excluding hydrogens is 220 g/mol. The number of hydrogen-bond donors (Lipinski definition) is 2. The van der Waals surface area contributed by atoms with Crippen molar-refractivity contribution in [3.8, 4) is 0 Å². The molecule has 1 aromatic rings. The topological polar surface area (TPSA) is 76.0 Å². The molecule has 2 amide bonds. The van der Waals surface area contributed by atoms with Crippen LogP contribution in [0.25, 0.3) is 0 Å². The quantitative estimate of drug-likeness (QED) is 0.751. The third kappa shape index (κ3) is 3.30. The zero-order valence-corrected chi connectivity index (χ0v) is 9.56. The Morgan fingerprint density at radius 3 is 3.24 bits per heavy atom. The molecule has 0 aromatic carbocycles. The first-order valence-electron chi connectivity index (χ1n) is 5.78. The highest BCUT2D eigenvalue weighted by Crippen LogP contribution is 2.03. The first-order chi connectivity index (χ1) is 8.25. The van der Waals surface area contributed by atoms with Gasteiger partial charge in [-0.1, -0.05) is 0 Å². The Labute approximate surface area is 99.4 Å². The number of aryl methyl sites for hydroxylation is 1. The van der Waals surface area contributed by atoms with E-state index in [0.717, 1.165) is 12.8 Å². The Hall–Kier alpha value is -1.85. The summed E-state index contributed by atoms with van der Waals surface area (Å²) in [4.78, 5) is 26.9. The maximum absolute atomic E-state index is 11.6. The van der Waals surface area contributed by atoms with E-state index in [2.05, 4.69) is 15.6 Å². The molecule has 0 radical (unpaired) electrons. The van der Waals surface area contributed by atoms with E-state index in [1.54, 1.807) is 18.7 Å². The molecule has 92 valence electrons. The lowest BCUT2D eigenvalue weighted by Crippen LogP contribution is -2.50. The third-order valence-electron chi connectivity index (χ3n) is 2.78. The summed E-state index contributed by atoms with van der Waals surface area (Å²) in [5.74, 6) is -0.173. The predicted octanol–water partition coefficient (Wildman–Crippen LogP) is -0.332. The fraction of sp³-hybridized carbons (Fsp3) is 0.545. The van der Waals surface area contributed by atoms with Crippen molar-refractivity contribution in [2.75, 3.05) is 6.54 Å². The Bertz CT molecular complexity index is 388. The predicted molar refractivity (Wildman–Crippen MR) is 61.0 cm³/mol. The minimum atomic E-state index is -0.362. The van der Waals surface area contributed by atoms with Gasteiger partial charge in [-0.05, 0) is 12.8 Å². The van der Waals surface area contributed by atoms with Gasteiger partial charge >= 0.3 is 0 Å². The lowest BCUT2D eigenvalue weighted by atomic mass is 10.1. The van der Waals surface area contributed by atoms with E-state index in [0.29, 0.717) is 19.5 Å². The molecule has 17 heavy (non-hydrogen) atoms. The lowest BCUT2D eigenvalue weighted by molar-refractivity contribution is -0.130. The first kappa shape index (κ1) is 11.6. The minimum absolute atomic E-state index is 0.0766. The van der Waals surface area contributed by atoms with Crippen molar-refractivity contribution in [3.05, 3.63) is 18.7 Å². The average molecular weight is 236 g/mol. The zero-order valence-electron chi connectivity index (χ0n) is 9.56. The highest BCUT2D eigenvalue weighted by atomic mass is 16.2. The van der Waals surface area contributed by atoms with Crippen LogP contribution in [0.3, 0.4) is 0 Å². The second-order valence-corrected chi connectivity index (χ2v) is 4.10. The van der Waals surface area contributed by atoms with Crippen LogP contribution in [0, 0.1) is 0 Å². The molecule has 1 unspecified atom stereocenters. The fourth-order valence-corrected chi connectivity index (χ4v) is 1.83. The third-order valence-corrected chi connectivity index (χ3v) is 2.78. The van der Waals surface area contributed by atoms with Crippen LogP contribution in [0.2, 0.25) is 0 Å². The molecule has 1 aliphatic heterocycles. The van der Waals surface area contributed by atoms with E-state index in [1.165, 1.54) is 0 Å². The molecule has 1 saturated heterocycles. The van der Waals surface area contributed by atoms with E-state index in [9.17, 15) is 9.59 Å². The normalized spacial score (nSPS) is 19.8. The Morgan fingerprint density at radius 1 is 1.65 bits per heavy atom. The van der Waals surface area contributed by atoms with E-state index in [-0.39, 0.29) is 17.9 Å². The van der Waals surface area contributed by atoms with Crippen LogP contribution in [0.15, 0.2) is 18.7 Å². The lowest BCUT2D eigenvalue weighted by Gasteiger charge is -2.22. The maximum atomic E-state index is 11.6. The number of imidazole rings is 1. The number of piperidine rings is 1. The van der Waals surface area contributed by atoms with Crippen LogP contribution in [0.5, 0.6) is 0 Å². The zero-order chi connectivity index (χ0) is 12.1. The molecular formula is C11H16N4O2. The van der Waals surface area contributed by atoms with E-state index >= 15 is 0 Å². The van der Waals surface area contributed by atoms with Crippen LogP contribution >= 0.6 is 0 Å². The van der Waals surface area contributed by atoms with Gasteiger partial charge < -0.3 is 15.2 Å². The van der Waals surface area contributed by atoms with Crippen LogP contribution in [-0.2, 0) is 16.1 Å². The average Bonchev–Trinajstić information content (AvgIpc) is 2.82. The summed E-state index contributed by atoms with van der Waals surface area (Å²) in [5, 5.41) is 5.48. The molecule has 1 aliphatic rings. The molecule has 6 nitrogen and oxygen atoms in total. The highest BCUT2D eigenvalue weighted by Gasteiger charge is 2.23. The van der Waals surface area contributed by atoms with Crippen molar-refractivity contribution in [2.24, 2.45) is 0 Å². The standard InChI is InChI=1S/C11H16N4O2/c16-10(3-6-15-7-5-12-8-15)14-9-2-1-4-13-11(9)17/h5,7-9H,1-4,6H2,(H,13,17)(H,14,16). The van der Waals surface area contributed by atoms with Gasteiger partial charge in [0.2, 0.25) is 11.8 Å². The summed E-state index contributed by atoms with van der Waals surface area (Å²) in [6.07, 6.45) is 7.15. The molecule has 1 fully saturated rings. The van der Waals surface area contributed by atoms with Crippen molar-refractivity contribution in [1.29, 1.82) is 0 Å². The van der Waals surface area contributed by atoms with Crippen molar-refractivity contribution in [3.63, 3.8) is 0 Å². The molecule has 2 N–H and O–H groups in total. The van der Waals surface area contributed by atoms with Crippen LogP contribution in [0.1, 0.15) is 19.3 Å². The van der Waals surface area contributed by atoms with Gasteiger partial charge in [-0.15, -0.1) is 0 Å². The molecule has 6 heteroatoms. The van der Waals surface area contributed by atoms with Gasteiger partial charge in [0, 0.05) is 31.9 Å². The molecule has 2 rings (SSSR count). The van der Waals surface area contributed by atoms with Crippen molar-refractivity contribution < 1.29 is 9.59 Å². The van der Waals surface area contributed by atoms with Crippen LogP contribution in [-0.4, -0.2) is 34.0 Å². The number of nitrogens with zero attached hydrogens (tertiary/aromatic N) is 2. The van der Waals surface area contributed by atoms with Gasteiger partial charge in [-0.25, -0.2) is 4.98 Å². The minimum Gasteiger partial charge on any atom is -0.354 e. The number of nitrogens with one attached hydrogen (secondary N) is 2. The summed E-state index contributed by atoms with van der Waals surface area (Å²) in [6.45, 7) is 1.29. The number of hydrogen-bond acceptors (Lipinski definition) is 3. The van der Waals surface area contributed by atoms with Gasteiger partial charge in [0.25, 0.3) is 0 Å². The number of carbonyl (C=O) groups excluding carboxylic acids is 2. The molecule has 0 saturated carbocycles. The summed E-state index contributed by atoms with van der Waals surface area (Å²) in [6, 6.07) is -0.362. The second-order valence-electron chi connectivity index (χ2n) is 4.10. The number of rotatable bonds is 4. The van der Waals surface area contributed by atoms with Gasteiger partial charge in [-0.2, -0.15) is 0 Å². The number of aromatic nitrogens is 2. The summed E-state index contributed by atoms with van der Waals surface area (Å²) in [5.41, 5.74) is 0. The van der Waals surface area contributed by atoms with Crippen LogP contribution < -0.4 is 10.6 Å². The van der Waals surface area contributed by atoms with E-state index < -0.39 is 0 Å². The monoisotopic (exact) mass is 236 g/mol. The smallest absolute Gasteiger partial charge is 0.242 e. The van der Waals surface area contributed by atoms with Gasteiger partial charge in [0.15, 0.2) is 0 Å². The van der Waals surface area contributed by atoms with Crippen LogP contribution in [0.4, 0.5) is 0 Å². The van der Waals surface area contributed by atoms with E-state index in [1.807, 2.05) is 4.57 Å². The number of amides is 2. The summed E-state index contributed by atoms with van der Waals surface area (Å²) in [7, 11) is 0. The van der Waals surface area contributed by atoms with Gasteiger partial charge in [0.1, 0.15) is 6.04 Å². The van der Waals surface area contributed by atoms with Crippen molar-refractivity contribution >= 4 is 11.8 Å². The summed E-state index contributed by atoms with van der Waals surface area (Å²) < 4.78 is 1.83. The highest BCUT2D eigenvalue weighted by molar-refractivity contribution is 5.87. The SMILES string of the molecule is O=C(CCn1ccnc1)NC1CCCNC1=O. The molecule has 0 spiro atoms. The summed E-state index contributed by atoms with van der Waals surface area (Å²) >= 11 is 0. The number of carbonyl (C=O) groups is 2. The molecule has 1 atom stereocenters. The molecule has 0 bridgehead atoms. The van der Waals surface area contributed by atoms with E-state index in [4.69, 9.17) is 0 Å². The molecule has 2 heterocycles. The largest absolute Gasteiger partial charge is 0.354 e. The second kappa shape index (κ2) is 5.47. The first-order valence-corrected chi connectivity index (χ1v) is 5.78. The maximum Gasteiger partial charge on any atom is 0.242 e. The van der Waals surface area contributed by atoms with Gasteiger partial charge in [0.05, 0.1) is 6.33 Å². The fourth-order valence-electron chi connectivity index (χ4n) is 1.83. The van der Waals surface area contributed by atoms with Crippen molar-refractivity contribution in [1.82, 2.24) is 20.2 Å². The Kier molecular flexibility index (Phi) is 3.74. The Balaban J connectivity index is 1.75.